The molecular weight excluding hydrogens is 424 g/mol. The molecule has 9 heteroatoms. The number of ether oxygens (including phenoxy) is 2. The van der Waals surface area contributed by atoms with Gasteiger partial charge in [-0.15, -0.1) is 0 Å². The van der Waals surface area contributed by atoms with Crippen LogP contribution in [0.15, 0.2) is 30.3 Å². The van der Waals surface area contributed by atoms with Crippen LogP contribution in [-0.2, 0) is 20.9 Å². The molecule has 0 aromatic heterocycles. The van der Waals surface area contributed by atoms with E-state index in [9.17, 15) is 14.4 Å². The van der Waals surface area contributed by atoms with Crippen molar-refractivity contribution < 1.29 is 23.9 Å². The number of hydrogen-bond acceptors (Lipinski definition) is 5. The summed E-state index contributed by atoms with van der Waals surface area (Å²) < 4.78 is 10.5. The first-order valence-corrected chi connectivity index (χ1v) is 11.5. The van der Waals surface area contributed by atoms with Gasteiger partial charge in [-0.25, -0.2) is 9.59 Å². The lowest BCUT2D eigenvalue weighted by molar-refractivity contribution is -0.134. The Morgan fingerprint density at radius 3 is 2.42 bits per heavy atom. The van der Waals surface area contributed by atoms with Gasteiger partial charge in [-0.05, 0) is 38.2 Å². The summed E-state index contributed by atoms with van der Waals surface area (Å²) in [4.78, 5) is 38.9. The highest BCUT2D eigenvalue weighted by molar-refractivity contribution is 5.85. The van der Waals surface area contributed by atoms with Gasteiger partial charge < -0.3 is 30.3 Å². The van der Waals surface area contributed by atoms with Crippen LogP contribution in [0.4, 0.5) is 9.59 Å². The smallest absolute Gasteiger partial charge is 0.408 e. The number of urea groups is 1. The van der Waals surface area contributed by atoms with E-state index in [2.05, 4.69) is 22.9 Å². The molecule has 1 saturated heterocycles. The average Bonchev–Trinajstić information content (AvgIpc) is 2.85. The normalized spacial score (nSPS) is 15.9. The summed E-state index contributed by atoms with van der Waals surface area (Å²) in [5, 5.41) is 8.19. The van der Waals surface area contributed by atoms with Crippen molar-refractivity contribution in [2.24, 2.45) is 0 Å². The second-order valence-electron chi connectivity index (χ2n) is 8.22. The Morgan fingerprint density at radius 2 is 1.79 bits per heavy atom. The van der Waals surface area contributed by atoms with Crippen LogP contribution < -0.4 is 16.0 Å². The highest BCUT2D eigenvalue weighted by Crippen LogP contribution is 2.15. The van der Waals surface area contributed by atoms with Crippen molar-refractivity contribution in [1.29, 1.82) is 0 Å². The fourth-order valence-electron chi connectivity index (χ4n) is 3.72. The Kier molecular flexibility index (Phi) is 11.5. The number of nitrogens with zero attached hydrogens (tertiary/aromatic N) is 1. The van der Waals surface area contributed by atoms with Gasteiger partial charge in [-0.3, -0.25) is 4.79 Å². The maximum absolute atomic E-state index is 13.2. The Balaban J connectivity index is 1.89. The monoisotopic (exact) mass is 461 g/mol. The summed E-state index contributed by atoms with van der Waals surface area (Å²) in [7, 11) is 3.20. The van der Waals surface area contributed by atoms with Gasteiger partial charge in [-0.2, -0.15) is 0 Å². The number of amides is 4. The first-order valence-electron chi connectivity index (χ1n) is 11.5. The molecule has 183 valence electrons. The van der Waals surface area contributed by atoms with Crippen molar-refractivity contribution in [3.63, 3.8) is 0 Å². The molecule has 33 heavy (non-hydrogen) atoms. The van der Waals surface area contributed by atoms with Gasteiger partial charge in [0.1, 0.15) is 12.6 Å². The molecule has 1 aliphatic rings. The molecule has 0 spiro atoms. The highest BCUT2D eigenvalue weighted by atomic mass is 16.5. The maximum atomic E-state index is 13.2. The molecule has 2 atom stereocenters. The van der Waals surface area contributed by atoms with E-state index in [4.69, 9.17) is 9.47 Å². The second-order valence-corrected chi connectivity index (χ2v) is 8.22. The minimum atomic E-state index is -0.664. The quantitative estimate of drug-likeness (QED) is 0.439. The number of hydrogen-bond donors (Lipinski definition) is 3. The molecule has 3 N–H and O–H groups in total. The Hall–Kier alpha value is -2.81. The van der Waals surface area contributed by atoms with Gasteiger partial charge >= 0.3 is 12.1 Å². The highest BCUT2D eigenvalue weighted by Gasteiger charge is 2.30. The van der Waals surface area contributed by atoms with Gasteiger partial charge in [0.25, 0.3) is 0 Å². The lowest BCUT2D eigenvalue weighted by atomic mass is 10.0. The Bertz CT molecular complexity index is 738. The molecule has 0 bridgehead atoms. The van der Waals surface area contributed by atoms with E-state index in [1.807, 2.05) is 30.3 Å². The number of rotatable bonds is 11. The van der Waals surface area contributed by atoms with Crippen LogP contribution in [0.2, 0.25) is 0 Å². The lowest BCUT2D eigenvalue weighted by Gasteiger charge is -2.34. The first-order chi connectivity index (χ1) is 15.9. The van der Waals surface area contributed by atoms with Crippen LogP contribution in [-0.4, -0.2) is 68.4 Å². The standard InChI is InChI=1S/C24H37N4O5/c1-18(32-3)9-7-8-12-21(27-24(31)33-17-19-10-5-4-6-11-19)22(29)28-15-13-20(14-16-28)26-23(30)25-2/h4-6,10-11,18,20-21H,1,7-9,12-17H2,2-3H3,(H,27,31)(H2,25,26,30)/t18?,21-/m1/s1. The molecule has 1 radical (unpaired) electrons. The van der Waals surface area contributed by atoms with E-state index in [1.165, 1.54) is 0 Å². The van der Waals surface area contributed by atoms with Crippen LogP contribution in [0.5, 0.6) is 0 Å². The number of methoxy groups -OCH3 is 1. The van der Waals surface area contributed by atoms with E-state index >= 15 is 0 Å². The Morgan fingerprint density at radius 1 is 1.12 bits per heavy atom. The average molecular weight is 462 g/mol. The first kappa shape index (κ1) is 26.4. The van der Waals surface area contributed by atoms with Crippen molar-refractivity contribution in [3.05, 3.63) is 42.8 Å². The third-order valence-corrected chi connectivity index (χ3v) is 5.77. The molecule has 1 aromatic carbocycles. The molecule has 1 aromatic rings. The van der Waals surface area contributed by atoms with E-state index in [-0.39, 0.29) is 30.7 Å². The largest absolute Gasteiger partial charge is 0.445 e. The number of benzene rings is 1. The number of piperidine rings is 1. The summed E-state index contributed by atoms with van der Waals surface area (Å²) >= 11 is 0. The number of nitrogens with one attached hydrogen (secondary N) is 3. The molecule has 1 aliphatic heterocycles. The van der Waals surface area contributed by atoms with Gasteiger partial charge in [0.15, 0.2) is 0 Å². The van der Waals surface area contributed by atoms with Gasteiger partial charge in [0.05, 0.1) is 6.10 Å². The molecule has 9 nitrogen and oxygen atoms in total. The number of carbonyl (C=O) groups is 3. The van der Waals surface area contributed by atoms with E-state index in [0.29, 0.717) is 32.4 Å². The van der Waals surface area contributed by atoms with E-state index in [1.54, 1.807) is 19.1 Å². The van der Waals surface area contributed by atoms with Crippen molar-refractivity contribution >= 4 is 18.0 Å². The van der Waals surface area contributed by atoms with E-state index < -0.39 is 12.1 Å². The van der Waals surface area contributed by atoms with Crippen molar-refractivity contribution in [1.82, 2.24) is 20.9 Å². The van der Waals surface area contributed by atoms with Crippen LogP contribution in [0, 0.1) is 6.92 Å². The van der Waals surface area contributed by atoms with Crippen LogP contribution in [0.25, 0.3) is 0 Å². The lowest BCUT2D eigenvalue weighted by Crippen LogP contribution is -2.53. The van der Waals surface area contributed by atoms with Gasteiger partial charge in [0.2, 0.25) is 5.91 Å². The predicted octanol–water partition coefficient (Wildman–Crippen LogP) is 2.61. The van der Waals surface area contributed by atoms with Crippen LogP contribution in [0.3, 0.4) is 0 Å². The summed E-state index contributed by atoms with van der Waals surface area (Å²) in [5.41, 5.74) is 0.877. The van der Waals surface area contributed by atoms with Crippen molar-refractivity contribution in [2.75, 3.05) is 27.2 Å². The van der Waals surface area contributed by atoms with Crippen molar-refractivity contribution in [3.8, 4) is 0 Å². The summed E-state index contributed by atoms with van der Waals surface area (Å²) in [6.07, 6.45) is 3.51. The number of unbranched alkanes of at least 4 members (excludes halogenated alkanes) is 1. The topological polar surface area (TPSA) is 109 Å². The molecular formula is C24H37N4O5. The van der Waals surface area contributed by atoms with Gasteiger partial charge in [0, 0.05) is 33.3 Å². The fourth-order valence-corrected chi connectivity index (χ4v) is 3.72. The minimum absolute atomic E-state index is 0.0271. The molecule has 1 fully saturated rings. The fraction of sp³-hybridized carbons (Fsp3) is 0.583. The number of carbonyl (C=O) groups excluding carboxylic acids is 3. The zero-order valence-electron chi connectivity index (χ0n) is 19.7. The predicted molar refractivity (Wildman–Crippen MR) is 125 cm³/mol. The zero-order valence-corrected chi connectivity index (χ0v) is 19.7. The molecule has 2 rings (SSSR count). The Labute approximate surface area is 196 Å². The number of alkyl carbamates (subject to hydrolysis) is 1. The minimum Gasteiger partial charge on any atom is -0.445 e. The SMILES string of the molecule is [CH2]C(CCCC[C@@H](NC(=O)OCc1ccccc1)C(=O)N1CCC(NC(=O)NC)CC1)OC. The molecule has 0 aliphatic carbocycles. The molecule has 1 heterocycles. The van der Waals surface area contributed by atoms with E-state index in [0.717, 1.165) is 24.8 Å². The second kappa shape index (κ2) is 14.4. The number of likely N-dealkylation sites (tertiary alicyclic amines) is 1. The van der Waals surface area contributed by atoms with Crippen LogP contribution >= 0.6 is 0 Å². The summed E-state index contributed by atoms with van der Waals surface area (Å²) in [6.45, 7) is 5.08. The zero-order chi connectivity index (χ0) is 24.1. The summed E-state index contributed by atoms with van der Waals surface area (Å²) in [6, 6.07) is 8.53. The maximum Gasteiger partial charge on any atom is 0.408 e. The third-order valence-electron chi connectivity index (χ3n) is 5.77. The van der Waals surface area contributed by atoms with Crippen LogP contribution in [0.1, 0.15) is 44.1 Å². The molecule has 4 amide bonds. The van der Waals surface area contributed by atoms with Gasteiger partial charge in [-0.1, -0.05) is 43.2 Å². The summed E-state index contributed by atoms with van der Waals surface area (Å²) in [5.74, 6) is -0.122. The molecule has 1 unspecified atom stereocenters. The molecule has 0 saturated carbocycles. The third kappa shape index (κ3) is 9.69. The van der Waals surface area contributed by atoms with Crippen molar-refractivity contribution in [2.45, 2.75) is 63.3 Å².